The highest BCUT2D eigenvalue weighted by molar-refractivity contribution is 5.46. The van der Waals surface area contributed by atoms with E-state index in [2.05, 4.69) is 74.6 Å². The van der Waals surface area contributed by atoms with Crippen LogP contribution in [0.25, 0.3) is 0 Å². The molecule has 1 N–H and O–H groups in total. The van der Waals surface area contributed by atoms with E-state index < -0.39 is 0 Å². The Kier molecular flexibility index (Phi) is 4.62. The maximum absolute atomic E-state index is 3.55. The van der Waals surface area contributed by atoms with Gasteiger partial charge in [-0.3, -0.25) is 0 Å². The highest BCUT2D eigenvalue weighted by Crippen LogP contribution is 2.20. The normalized spacial score (nSPS) is 12.2. The lowest BCUT2D eigenvalue weighted by Crippen LogP contribution is -2.06. The summed E-state index contributed by atoms with van der Waals surface area (Å²) in [5.74, 6) is 0. The van der Waals surface area contributed by atoms with Crippen molar-refractivity contribution in [2.45, 2.75) is 39.7 Å². The minimum absolute atomic E-state index is 0.331. The molecular weight excluding hydrogens is 230 g/mol. The number of benzene rings is 2. The van der Waals surface area contributed by atoms with Crippen molar-refractivity contribution in [2.24, 2.45) is 0 Å². The number of hydrogen-bond acceptors (Lipinski definition) is 1. The first-order valence-electron chi connectivity index (χ1n) is 7.11. The number of nitrogens with one attached hydrogen (secondary N) is 1. The Morgan fingerprint density at radius 2 is 1.58 bits per heavy atom. The third-order valence-electron chi connectivity index (χ3n) is 3.45. The van der Waals surface area contributed by atoms with Crippen LogP contribution in [-0.4, -0.2) is 0 Å². The molecule has 0 aromatic heterocycles. The predicted molar refractivity (Wildman–Crippen MR) is 83.7 cm³/mol. The van der Waals surface area contributed by atoms with Gasteiger partial charge in [-0.25, -0.2) is 0 Å². The monoisotopic (exact) mass is 253 g/mol. The maximum Gasteiger partial charge on any atom is 0.0485 e. The summed E-state index contributed by atoms with van der Waals surface area (Å²) in [6.07, 6.45) is 2.36. The van der Waals surface area contributed by atoms with Crippen LogP contribution in [0.2, 0.25) is 0 Å². The molecule has 0 bridgehead atoms. The number of anilines is 1. The third-order valence-corrected chi connectivity index (χ3v) is 3.45. The molecule has 0 heterocycles. The van der Waals surface area contributed by atoms with Crippen molar-refractivity contribution >= 4 is 5.69 Å². The van der Waals surface area contributed by atoms with Gasteiger partial charge in [0, 0.05) is 11.7 Å². The fourth-order valence-electron chi connectivity index (χ4n) is 2.24. The van der Waals surface area contributed by atoms with Gasteiger partial charge in [-0.1, -0.05) is 55.3 Å². The highest BCUT2D eigenvalue weighted by atomic mass is 14.9. The largest absolute Gasteiger partial charge is 0.379 e. The quantitative estimate of drug-likeness (QED) is 0.779. The Labute approximate surface area is 116 Å². The van der Waals surface area contributed by atoms with Gasteiger partial charge in [0.05, 0.1) is 0 Å². The number of rotatable bonds is 5. The molecule has 2 rings (SSSR count). The van der Waals surface area contributed by atoms with Gasteiger partial charge < -0.3 is 5.32 Å². The van der Waals surface area contributed by atoms with Crippen LogP contribution in [0.3, 0.4) is 0 Å². The van der Waals surface area contributed by atoms with E-state index in [1.165, 1.54) is 28.8 Å². The standard InChI is InChI=1S/C18H23N/c1-4-5-16-8-12-18(13-9-16)19-15(3)17-10-6-14(2)7-11-17/h6-13,15,19H,4-5H2,1-3H3. The molecule has 0 aliphatic heterocycles. The van der Waals surface area contributed by atoms with Crippen molar-refractivity contribution in [2.75, 3.05) is 5.32 Å². The summed E-state index contributed by atoms with van der Waals surface area (Å²) >= 11 is 0. The molecule has 0 aliphatic rings. The van der Waals surface area contributed by atoms with Gasteiger partial charge in [-0.2, -0.15) is 0 Å². The summed E-state index contributed by atoms with van der Waals surface area (Å²) in [5, 5.41) is 3.55. The molecule has 1 heteroatoms. The molecule has 0 fully saturated rings. The summed E-state index contributed by atoms with van der Waals surface area (Å²) in [5.41, 5.74) is 5.23. The molecule has 1 unspecified atom stereocenters. The SMILES string of the molecule is CCCc1ccc(NC(C)c2ccc(C)cc2)cc1. The molecule has 100 valence electrons. The Balaban J connectivity index is 2.01. The summed E-state index contributed by atoms with van der Waals surface area (Å²) < 4.78 is 0. The van der Waals surface area contributed by atoms with E-state index in [0.29, 0.717) is 6.04 Å². The Morgan fingerprint density at radius 1 is 0.947 bits per heavy atom. The molecular formula is C18H23N. The first kappa shape index (κ1) is 13.7. The van der Waals surface area contributed by atoms with Gasteiger partial charge in [0.15, 0.2) is 0 Å². The Bertz CT molecular complexity index is 496. The second-order valence-electron chi connectivity index (χ2n) is 5.22. The van der Waals surface area contributed by atoms with Gasteiger partial charge in [0.1, 0.15) is 0 Å². The van der Waals surface area contributed by atoms with Crippen LogP contribution in [-0.2, 0) is 6.42 Å². The van der Waals surface area contributed by atoms with E-state index in [9.17, 15) is 0 Å². The van der Waals surface area contributed by atoms with Crippen molar-refractivity contribution in [1.29, 1.82) is 0 Å². The van der Waals surface area contributed by atoms with Crippen LogP contribution in [0.5, 0.6) is 0 Å². The Morgan fingerprint density at radius 3 is 2.16 bits per heavy atom. The zero-order chi connectivity index (χ0) is 13.7. The Hall–Kier alpha value is -1.76. The summed E-state index contributed by atoms with van der Waals surface area (Å²) in [6, 6.07) is 17.8. The third kappa shape index (κ3) is 3.85. The van der Waals surface area contributed by atoms with Crippen molar-refractivity contribution in [3.05, 3.63) is 65.2 Å². The second kappa shape index (κ2) is 6.42. The lowest BCUT2D eigenvalue weighted by Gasteiger charge is -2.16. The van der Waals surface area contributed by atoms with Crippen molar-refractivity contribution in [1.82, 2.24) is 0 Å². The summed E-state index contributed by atoms with van der Waals surface area (Å²) in [4.78, 5) is 0. The minimum Gasteiger partial charge on any atom is -0.379 e. The van der Waals surface area contributed by atoms with Gasteiger partial charge in [0.25, 0.3) is 0 Å². The molecule has 0 spiro atoms. The maximum atomic E-state index is 3.55. The van der Waals surface area contributed by atoms with E-state index >= 15 is 0 Å². The molecule has 2 aromatic carbocycles. The summed E-state index contributed by atoms with van der Waals surface area (Å²) in [7, 11) is 0. The number of aryl methyl sites for hydroxylation is 2. The van der Waals surface area contributed by atoms with Crippen molar-refractivity contribution in [3.63, 3.8) is 0 Å². The predicted octanol–water partition coefficient (Wildman–Crippen LogP) is 5.12. The van der Waals surface area contributed by atoms with E-state index in [1.54, 1.807) is 0 Å². The second-order valence-corrected chi connectivity index (χ2v) is 5.22. The molecule has 2 aromatic rings. The van der Waals surface area contributed by atoms with E-state index in [1.807, 2.05) is 0 Å². The average molecular weight is 253 g/mol. The van der Waals surface area contributed by atoms with Gasteiger partial charge >= 0.3 is 0 Å². The molecule has 1 atom stereocenters. The minimum atomic E-state index is 0.331. The van der Waals surface area contributed by atoms with Crippen LogP contribution < -0.4 is 5.32 Å². The molecule has 19 heavy (non-hydrogen) atoms. The lowest BCUT2D eigenvalue weighted by atomic mass is 10.1. The topological polar surface area (TPSA) is 12.0 Å². The van der Waals surface area contributed by atoms with Crippen molar-refractivity contribution < 1.29 is 0 Å². The zero-order valence-electron chi connectivity index (χ0n) is 12.1. The zero-order valence-corrected chi connectivity index (χ0v) is 12.1. The van der Waals surface area contributed by atoms with Crippen LogP contribution in [0.15, 0.2) is 48.5 Å². The molecule has 0 saturated heterocycles. The van der Waals surface area contributed by atoms with Crippen LogP contribution >= 0.6 is 0 Å². The first-order valence-corrected chi connectivity index (χ1v) is 7.11. The highest BCUT2D eigenvalue weighted by Gasteiger charge is 2.04. The van der Waals surface area contributed by atoms with Crippen molar-refractivity contribution in [3.8, 4) is 0 Å². The molecule has 1 nitrogen and oxygen atoms in total. The van der Waals surface area contributed by atoms with Crippen LogP contribution in [0, 0.1) is 6.92 Å². The van der Waals surface area contributed by atoms with E-state index in [-0.39, 0.29) is 0 Å². The molecule has 0 radical (unpaired) electrons. The van der Waals surface area contributed by atoms with Gasteiger partial charge in [0.2, 0.25) is 0 Å². The molecule has 0 saturated carbocycles. The smallest absolute Gasteiger partial charge is 0.0485 e. The molecule has 0 amide bonds. The van der Waals surface area contributed by atoms with E-state index in [4.69, 9.17) is 0 Å². The average Bonchev–Trinajstić information content (AvgIpc) is 2.42. The number of hydrogen-bond donors (Lipinski definition) is 1. The first-order chi connectivity index (χ1) is 9.19. The summed E-state index contributed by atoms with van der Waals surface area (Å²) in [6.45, 7) is 6.53. The van der Waals surface area contributed by atoms with Gasteiger partial charge in [-0.05, 0) is 43.5 Å². The van der Waals surface area contributed by atoms with E-state index in [0.717, 1.165) is 6.42 Å². The van der Waals surface area contributed by atoms with Gasteiger partial charge in [-0.15, -0.1) is 0 Å². The van der Waals surface area contributed by atoms with Crippen LogP contribution in [0.1, 0.15) is 43.0 Å². The fraction of sp³-hybridized carbons (Fsp3) is 0.333. The fourth-order valence-corrected chi connectivity index (χ4v) is 2.24. The molecule has 0 aliphatic carbocycles. The van der Waals surface area contributed by atoms with Crippen LogP contribution in [0.4, 0.5) is 5.69 Å². The lowest BCUT2D eigenvalue weighted by molar-refractivity contribution is 0.882.